The van der Waals surface area contributed by atoms with E-state index < -0.39 is 0 Å². The minimum atomic E-state index is -0.157. The summed E-state index contributed by atoms with van der Waals surface area (Å²) in [5.41, 5.74) is 3.37. The van der Waals surface area contributed by atoms with Gasteiger partial charge in [-0.25, -0.2) is 9.67 Å². The summed E-state index contributed by atoms with van der Waals surface area (Å²) in [6.07, 6.45) is 6.03. The first-order valence-corrected chi connectivity index (χ1v) is 9.48. The molecule has 1 N–H and O–H groups in total. The minimum Gasteiger partial charge on any atom is -0.352 e. The van der Waals surface area contributed by atoms with E-state index in [4.69, 9.17) is 0 Å². The lowest BCUT2D eigenvalue weighted by Crippen LogP contribution is -2.37. The van der Waals surface area contributed by atoms with Crippen molar-refractivity contribution in [1.82, 2.24) is 19.7 Å². The van der Waals surface area contributed by atoms with Gasteiger partial charge in [0.25, 0.3) is 5.56 Å². The van der Waals surface area contributed by atoms with Gasteiger partial charge in [-0.2, -0.15) is 0 Å². The number of hydrogen-bond donors (Lipinski definition) is 1. The first kappa shape index (κ1) is 17.5. The number of pyridine rings is 1. The molecule has 140 valence electrons. The van der Waals surface area contributed by atoms with Crippen LogP contribution in [0, 0.1) is 13.8 Å². The molecule has 6 heteroatoms. The Hall–Kier alpha value is -2.89. The Morgan fingerprint density at radius 2 is 1.96 bits per heavy atom. The topological polar surface area (TPSA) is 68.9 Å². The summed E-state index contributed by atoms with van der Waals surface area (Å²) >= 11 is 0. The quantitative estimate of drug-likeness (QED) is 0.774. The second-order valence-corrected chi connectivity index (χ2v) is 7.37. The Bertz CT molecular complexity index is 1060. The Labute approximate surface area is 157 Å². The van der Waals surface area contributed by atoms with Crippen LogP contribution in [0.2, 0.25) is 0 Å². The molecule has 1 amide bonds. The van der Waals surface area contributed by atoms with Crippen molar-refractivity contribution < 1.29 is 4.79 Å². The molecule has 0 unspecified atom stereocenters. The number of hydrogen-bond acceptors (Lipinski definition) is 3. The first-order chi connectivity index (χ1) is 13.0. The maximum atomic E-state index is 13.0. The zero-order valence-corrected chi connectivity index (χ0v) is 15.7. The number of aryl methyl sites for hydroxylation is 2. The maximum Gasteiger partial charge on any atom is 0.280 e. The van der Waals surface area contributed by atoms with Gasteiger partial charge >= 0.3 is 0 Å². The molecule has 2 heterocycles. The van der Waals surface area contributed by atoms with Gasteiger partial charge in [-0.15, -0.1) is 0 Å². The lowest BCUT2D eigenvalue weighted by atomic mass is 10.1. The van der Waals surface area contributed by atoms with Crippen LogP contribution in [0.3, 0.4) is 0 Å². The smallest absolute Gasteiger partial charge is 0.280 e. The molecular weight excluding hydrogens is 340 g/mol. The van der Waals surface area contributed by atoms with Crippen LogP contribution < -0.4 is 10.9 Å². The summed E-state index contributed by atoms with van der Waals surface area (Å²) in [6, 6.07) is 9.62. The van der Waals surface area contributed by atoms with Crippen molar-refractivity contribution in [3.63, 3.8) is 0 Å². The average molecular weight is 364 g/mol. The zero-order valence-electron chi connectivity index (χ0n) is 15.7. The van der Waals surface area contributed by atoms with Gasteiger partial charge in [-0.3, -0.25) is 14.3 Å². The standard InChI is InChI=1S/C21H24N4O2/c1-14-9-10-17(12-15(14)2)25-21(27)18-8-5-11-22-20(18)24(25)13-19(26)23-16-6-3-4-7-16/h5,8-12,16H,3-4,6-7,13H2,1-2H3,(H,23,26). The van der Waals surface area contributed by atoms with E-state index in [-0.39, 0.29) is 24.1 Å². The molecule has 0 spiro atoms. The molecule has 0 saturated heterocycles. The predicted molar refractivity (Wildman–Crippen MR) is 105 cm³/mol. The molecule has 1 saturated carbocycles. The van der Waals surface area contributed by atoms with E-state index in [2.05, 4.69) is 10.3 Å². The van der Waals surface area contributed by atoms with Crippen molar-refractivity contribution in [3.05, 3.63) is 58.0 Å². The summed E-state index contributed by atoms with van der Waals surface area (Å²) < 4.78 is 3.25. The molecule has 4 rings (SSSR count). The second-order valence-electron chi connectivity index (χ2n) is 7.37. The van der Waals surface area contributed by atoms with E-state index in [1.165, 1.54) is 0 Å². The number of amides is 1. The molecule has 1 aliphatic rings. The molecule has 1 fully saturated rings. The van der Waals surface area contributed by atoms with E-state index in [0.29, 0.717) is 11.0 Å². The van der Waals surface area contributed by atoms with Crippen LogP contribution in [0.1, 0.15) is 36.8 Å². The Morgan fingerprint density at radius 3 is 2.70 bits per heavy atom. The van der Waals surface area contributed by atoms with Gasteiger partial charge in [0.1, 0.15) is 6.54 Å². The molecule has 3 aromatic rings. The fourth-order valence-electron chi connectivity index (χ4n) is 3.83. The van der Waals surface area contributed by atoms with Crippen molar-refractivity contribution in [2.45, 2.75) is 52.1 Å². The Morgan fingerprint density at radius 1 is 1.19 bits per heavy atom. The number of carbonyl (C=O) groups is 1. The van der Waals surface area contributed by atoms with Gasteiger partial charge in [0.2, 0.25) is 5.91 Å². The lowest BCUT2D eigenvalue weighted by Gasteiger charge is -2.16. The third kappa shape index (κ3) is 3.27. The van der Waals surface area contributed by atoms with Crippen molar-refractivity contribution >= 4 is 16.9 Å². The third-order valence-corrected chi connectivity index (χ3v) is 5.44. The number of nitrogens with one attached hydrogen (secondary N) is 1. The number of nitrogens with zero attached hydrogens (tertiary/aromatic N) is 3. The van der Waals surface area contributed by atoms with Crippen molar-refractivity contribution in [2.75, 3.05) is 0 Å². The number of carbonyl (C=O) groups excluding carboxylic acids is 1. The van der Waals surface area contributed by atoms with Gasteiger partial charge in [0.15, 0.2) is 5.65 Å². The van der Waals surface area contributed by atoms with Gasteiger partial charge in [-0.1, -0.05) is 18.9 Å². The zero-order chi connectivity index (χ0) is 19.0. The number of fused-ring (bicyclic) bond motifs is 1. The van der Waals surface area contributed by atoms with Crippen LogP contribution in [0.15, 0.2) is 41.3 Å². The predicted octanol–water partition coefficient (Wildman–Crippen LogP) is 2.86. The van der Waals surface area contributed by atoms with Gasteiger partial charge in [-0.05, 0) is 62.1 Å². The summed E-state index contributed by atoms with van der Waals surface area (Å²) in [6.45, 7) is 4.12. The van der Waals surface area contributed by atoms with E-state index in [1.54, 1.807) is 27.7 Å². The maximum absolute atomic E-state index is 13.0. The van der Waals surface area contributed by atoms with Crippen molar-refractivity contribution in [3.8, 4) is 5.69 Å². The normalized spacial score (nSPS) is 14.7. The largest absolute Gasteiger partial charge is 0.352 e. The second kappa shape index (κ2) is 7.02. The molecule has 27 heavy (non-hydrogen) atoms. The van der Waals surface area contributed by atoms with E-state index in [0.717, 1.165) is 42.5 Å². The molecule has 1 aliphatic carbocycles. The van der Waals surface area contributed by atoms with E-state index >= 15 is 0 Å². The van der Waals surface area contributed by atoms with Crippen LogP contribution in [-0.2, 0) is 11.3 Å². The van der Waals surface area contributed by atoms with Crippen LogP contribution in [0.4, 0.5) is 0 Å². The van der Waals surface area contributed by atoms with Crippen LogP contribution in [0.25, 0.3) is 16.7 Å². The summed E-state index contributed by atoms with van der Waals surface area (Å²) in [5.74, 6) is -0.0814. The molecule has 0 bridgehead atoms. The fourth-order valence-corrected chi connectivity index (χ4v) is 3.83. The molecule has 1 aromatic carbocycles. The van der Waals surface area contributed by atoms with E-state index in [1.807, 2.05) is 32.0 Å². The summed E-state index contributed by atoms with van der Waals surface area (Å²) in [7, 11) is 0. The number of aromatic nitrogens is 3. The summed E-state index contributed by atoms with van der Waals surface area (Å²) in [4.78, 5) is 30.1. The minimum absolute atomic E-state index is 0.0686. The van der Waals surface area contributed by atoms with Gasteiger partial charge < -0.3 is 5.32 Å². The highest BCUT2D eigenvalue weighted by molar-refractivity contribution is 5.80. The van der Waals surface area contributed by atoms with Crippen LogP contribution in [-0.4, -0.2) is 26.3 Å². The molecule has 6 nitrogen and oxygen atoms in total. The Balaban J connectivity index is 1.79. The Kier molecular flexibility index (Phi) is 4.56. The van der Waals surface area contributed by atoms with Gasteiger partial charge in [0.05, 0.1) is 11.1 Å². The highest BCUT2D eigenvalue weighted by atomic mass is 16.2. The highest BCUT2D eigenvalue weighted by Gasteiger charge is 2.21. The lowest BCUT2D eigenvalue weighted by molar-refractivity contribution is -0.122. The fraction of sp³-hybridized carbons (Fsp3) is 0.381. The first-order valence-electron chi connectivity index (χ1n) is 9.48. The molecule has 0 atom stereocenters. The third-order valence-electron chi connectivity index (χ3n) is 5.44. The van der Waals surface area contributed by atoms with Crippen LogP contribution in [0.5, 0.6) is 0 Å². The van der Waals surface area contributed by atoms with Gasteiger partial charge in [0, 0.05) is 12.2 Å². The van der Waals surface area contributed by atoms with Crippen LogP contribution >= 0.6 is 0 Å². The highest BCUT2D eigenvalue weighted by Crippen LogP contribution is 2.19. The molecule has 0 radical (unpaired) electrons. The van der Waals surface area contributed by atoms with Crippen molar-refractivity contribution in [1.29, 1.82) is 0 Å². The molecule has 0 aliphatic heterocycles. The number of rotatable bonds is 4. The average Bonchev–Trinajstić information content (AvgIpc) is 3.25. The monoisotopic (exact) mass is 364 g/mol. The SMILES string of the molecule is Cc1ccc(-n2c(=O)c3cccnc3n2CC(=O)NC2CCCC2)cc1C. The summed E-state index contributed by atoms with van der Waals surface area (Å²) in [5, 5.41) is 3.62. The molecular formula is C21H24N4O2. The number of benzene rings is 1. The van der Waals surface area contributed by atoms with Crippen molar-refractivity contribution in [2.24, 2.45) is 0 Å². The molecule has 2 aromatic heterocycles. The van der Waals surface area contributed by atoms with E-state index in [9.17, 15) is 9.59 Å².